The van der Waals surface area contributed by atoms with Gasteiger partial charge in [0, 0.05) is 41.3 Å². The van der Waals surface area contributed by atoms with E-state index in [1.54, 1.807) is 42.0 Å². The number of carbonyl (C=O) groups is 2. The zero-order chi connectivity index (χ0) is 30.5. The summed E-state index contributed by atoms with van der Waals surface area (Å²) in [4.78, 5) is 28.8. The molecule has 3 aromatic carbocycles. The molecule has 0 N–H and O–H groups in total. The van der Waals surface area contributed by atoms with Gasteiger partial charge in [-0.15, -0.1) is 0 Å². The van der Waals surface area contributed by atoms with Crippen LogP contribution in [0.15, 0.2) is 66.7 Å². The average Bonchev–Trinajstić information content (AvgIpc) is 3.27. The Kier molecular flexibility index (Phi) is 9.70. The van der Waals surface area contributed by atoms with Crippen molar-refractivity contribution in [3.05, 3.63) is 94.1 Å². The highest BCUT2D eigenvalue weighted by atomic mass is 35.5. The molecule has 2 heterocycles. The number of rotatable bonds is 10. The maximum atomic E-state index is 13.5. The summed E-state index contributed by atoms with van der Waals surface area (Å²) in [5.74, 6) is 0.925. The van der Waals surface area contributed by atoms with E-state index in [-0.39, 0.29) is 37.1 Å². The van der Waals surface area contributed by atoms with Gasteiger partial charge in [0.25, 0.3) is 5.91 Å². The van der Waals surface area contributed by atoms with Crippen molar-refractivity contribution in [3.63, 3.8) is 0 Å². The van der Waals surface area contributed by atoms with E-state index in [1.807, 2.05) is 57.2 Å². The standard InChI is InChI=1S/C34H37ClN2O6/c1-22(2)43-27-11-7-24(8-12-27)32-21-36(15-17-41-32)16-18-42-33(38)20-29-23(3)37(31-14-13-28(40-4)19-30(29)31)34(39)25-5-9-26(35)10-6-25/h5-14,19,22,32H,15-18,20-21H2,1-4H3. The Labute approximate surface area is 257 Å². The predicted octanol–water partition coefficient (Wildman–Crippen LogP) is 6.25. The van der Waals surface area contributed by atoms with Crippen LogP contribution in [0.5, 0.6) is 11.5 Å². The summed E-state index contributed by atoms with van der Waals surface area (Å²) >= 11 is 6.03. The SMILES string of the molecule is COc1ccc2c(c1)c(CC(=O)OCCN1CCOC(c3ccc(OC(C)C)cc3)C1)c(C)n2C(=O)c1ccc(Cl)cc1. The van der Waals surface area contributed by atoms with Gasteiger partial charge in [-0.25, -0.2) is 0 Å². The lowest BCUT2D eigenvalue weighted by Crippen LogP contribution is -2.40. The van der Waals surface area contributed by atoms with Crippen molar-refractivity contribution in [1.29, 1.82) is 0 Å². The molecule has 5 rings (SSSR count). The number of nitrogens with zero attached hydrogens (tertiary/aromatic N) is 2. The first-order valence-corrected chi connectivity index (χ1v) is 14.9. The largest absolute Gasteiger partial charge is 0.497 e. The number of morpholine rings is 1. The Morgan fingerprint density at radius 3 is 2.44 bits per heavy atom. The molecule has 226 valence electrons. The van der Waals surface area contributed by atoms with Crippen molar-refractivity contribution >= 4 is 34.4 Å². The van der Waals surface area contributed by atoms with Crippen LogP contribution in [0.4, 0.5) is 0 Å². The Bertz CT molecular complexity index is 1580. The summed E-state index contributed by atoms with van der Waals surface area (Å²) in [6, 6.07) is 20.3. The van der Waals surface area contributed by atoms with Gasteiger partial charge < -0.3 is 18.9 Å². The van der Waals surface area contributed by atoms with Crippen molar-refractivity contribution in [2.45, 2.75) is 39.4 Å². The van der Waals surface area contributed by atoms with Crippen molar-refractivity contribution in [3.8, 4) is 11.5 Å². The Balaban J connectivity index is 1.23. The zero-order valence-electron chi connectivity index (χ0n) is 25.0. The van der Waals surface area contributed by atoms with E-state index in [1.165, 1.54) is 0 Å². The first-order chi connectivity index (χ1) is 20.7. The molecule has 1 aliphatic heterocycles. The van der Waals surface area contributed by atoms with E-state index >= 15 is 0 Å². The van der Waals surface area contributed by atoms with E-state index in [2.05, 4.69) is 4.90 Å². The second kappa shape index (κ2) is 13.6. The van der Waals surface area contributed by atoms with Crippen molar-refractivity contribution < 1.29 is 28.5 Å². The van der Waals surface area contributed by atoms with Gasteiger partial charge in [-0.2, -0.15) is 0 Å². The topological polar surface area (TPSA) is 79.2 Å². The fourth-order valence-corrected chi connectivity index (χ4v) is 5.55. The highest BCUT2D eigenvalue weighted by Crippen LogP contribution is 2.31. The molecule has 1 aromatic heterocycles. The molecule has 8 nitrogen and oxygen atoms in total. The van der Waals surface area contributed by atoms with Gasteiger partial charge in [0.2, 0.25) is 0 Å². The summed E-state index contributed by atoms with van der Waals surface area (Å²) in [6.07, 6.45) is 0.101. The first kappa shape index (κ1) is 30.6. The van der Waals surface area contributed by atoms with Crippen LogP contribution in [0.25, 0.3) is 10.9 Å². The summed E-state index contributed by atoms with van der Waals surface area (Å²) in [7, 11) is 1.59. The lowest BCUT2D eigenvalue weighted by atomic mass is 10.1. The third-order valence-electron chi connectivity index (χ3n) is 7.60. The van der Waals surface area contributed by atoms with E-state index in [0.29, 0.717) is 47.2 Å². The molecule has 1 atom stereocenters. The number of fused-ring (bicyclic) bond motifs is 1. The second-order valence-electron chi connectivity index (χ2n) is 10.9. The minimum Gasteiger partial charge on any atom is -0.497 e. The molecule has 1 saturated heterocycles. The smallest absolute Gasteiger partial charge is 0.310 e. The van der Waals surface area contributed by atoms with Crippen molar-refractivity contribution in [2.24, 2.45) is 0 Å². The van der Waals surface area contributed by atoms with Gasteiger partial charge in [0.05, 0.1) is 37.9 Å². The van der Waals surface area contributed by atoms with Crippen LogP contribution in [-0.2, 0) is 20.7 Å². The highest BCUT2D eigenvalue weighted by molar-refractivity contribution is 6.30. The van der Waals surface area contributed by atoms with E-state index in [9.17, 15) is 9.59 Å². The van der Waals surface area contributed by atoms with E-state index in [4.69, 9.17) is 30.5 Å². The highest BCUT2D eigenvalue weighted by Gasteiger charge is 2.24. The van der Waals surface area contributed by atoms with Crippen LogP contribution in [-0.4, -0.2) is 67.4 Å². The molecule has 0 saturated carbocycles. The Hall–Kier alpha value is -3.85. The average molecular weight is 605 g/mol. The van der Waals surface area contributed by atoms with Gasteiger partial charge in [-0.1, -0.05) is 23.7 Å². The Morgan fingerprint density at radius 2 is 1.74 bits per heavy atom. The predicted molar refractivity (Wildman–Crippen MR) is 166 cm³/mol. The second-order valence-corrected chi connectivity index (χ2v) is 11.3. The number of ether oxygens (including phenoxy) is 4. The monoisotopic (exact) mass is 604 g/mol. The fourth-order valence-electron chi connectivity index (χ4n) is 5.42. The van der Waals surface area contributed by atoms with Crippen molar-refractivity contribution in [1.82, 2.24) is 9.47 Å². The number of benzene rings is 3. The third kappa shape index (κ3) is 7.21. The summed E-state index contributed by atoms with van der Waals surface area (Å²) in [5.41, 5.74) is 3.70. The third-order valence-corrected chi connectivity index (χ3v) is 7.85. The first-order valence-electron chi connectivity index (χ1n) is 14.5. The normalized spacial score (nSPS) is 15.5. The lowest BCUT2D eigenvalue weighted by Gasteiger charge is -2.33. The van der Waals surface area contributed by atoms with Crippen LogP contribution in [0, 0.1) is 6.92 Å². The van der Waals surface area contributed by atoms with E-state index < -0.39 is 0 Å². The number of halogens is 1. The molecule has 0 aliphatic carbocycles. The lowest BCUT2D eigenvalue weighted by molar-refractivity contribution is -0.143. The van der Waals surface area contributed by atoms with Crippen LogP contribution in [0.3, 0.4) is 0 Å². The maximum Gasteiger partial charge on any atom is 0.310 e. The quantitative estimate of drug-likeness (QED) is 0.198. The molecule has 4 aromatic rings. The summed E-state index contributed by atoms with van der Waals surface area (Å²) in [5, 5.41) is 1.33. The maximum absolute atomic E-state index is 13.5. The molecular formula is C34H37ClN2O6. The molecule has 0 bridgehead atoms. The van der Waals surface area contributed by atoms with Gasteiger partial charge in [0.15, 0.2) is 0 Å². The number of carbonyl (C=O) groups excluding carboxylic acids is 2. The molecule has 9 heteroatoms. The molecule has 0 amide bonds. The van der Waals surface area contributed by atoms with Gasteiger partial charge in [0.1, 0.15) is 18.1 Å². The molecule has 1 unspecified atom stereocenters. The number of methoxy groups -OCH3 is 1. The van der Waals surface area contributed by atoms with Crippen LogP contribution in [0.1, 0.15) is 47.1 Å². The van der Waals surface area contributed by atoms with Gasteiger partial charge in [-0.05, 0) is 86.5 Å². The van der Waals surface area contributed by atoms with Gasteiger partial charge in [-0.3, -0.25) is 19.1 Å². The van der Waals surface area contributed by atoms with Crippen LogP contribution in [0.2, 0.25) is 5.02 Å². The minimum absolute atomic E-state index is 0.0347. The molecule has 1 aliphatic rings. The van der Waals surface area contributed by atoms with Crippen LogP contribution < -0.4 is 9.47 Å². The van der Waals surface area contributed by atoms with Gasteiger partial charge >= 0.3 is 5.97 Å². The van der Waals surface area contributed by atoms with E-state index in [0.717, 1.165) is 28.8 Å². The minimum atomic E-state index is -0.352. The molecular weight excluding hydrogens is 568 g/mol. The Morgan fingerprint density at radius 1 is 1.02 bits per heavy atom. The number of hydrogen-bond donors (Lipinski definition) is 0. The molecule has 0 radical (unpaired) electrons. The van der Waals surface area contributed by atoms with Crippen molar-refractivity contribution in [2.75, 3.05) is 40.0 Å². The molecule has 1 fully saturated rings. The molecule has 0 spiro atoms. The zero-order valence-corrected chi connectivity index (χ0v) is 25.7. The van der Waals surface area contributed by atoms with Crippen LogP contribution >= 0.6 is 11.6 Å². The summed E-state index contributed by atoms with van der Waals surface area (Å²) < 4.78 is 24.5. The molecule has 43 heavy (non-hydrogen) atoms. The fraction of sp³-hybridized carbons (Fsp3) is 0.353. The summed E-state index contributed by atoms with van der Waals surface area (Å²) in [6.45, 7) is 8.79. The number of esters is 1. The number of aromatic nitrogens is 1. The number of hydrogen-bond acceptors (Lipinski definition) is 7.